The lowest BCUT2D eigenvalue weighted by Crippen LogP contribution is -2.28. The van der Waals surface area contributed by atoms with E-state index >= 15 is 0 Å². The molecule has 1 aliphatic heterocycles. The van der Waals surface area contributed by atoms with Gasteiger partial charge in [-0.3, -0.25) is 4.99 Å². The normalized spacial score (nSPS) is 14.2. The Balaban J connectivity index is 2.83. The number of fused-ring (bicyclic) bond motifs is 1. The third-order valence-corrected chi connectivity index (χ3v) is 2.30. The Labute approximate surface area is 77.1 Å². The van der Waals surface area contributed by atoms with Crippen LogP contribution in [0.2, 0.25) is 0 Å². The second-order valence-corrected chi connectivity index (χ2v) is 3.14. The Morgan fingerprint density at radius 3 is 2.85 bits per heavy atom. The monoisotopic (exact) mass is 172 g/mol. The van der Waals surface area contributed by atoms with Crippen molar-refractivity contribution >= 4 is 23.7 Å². The highest BCUT2D eigenvalue weighted by molar-refractivity contribution is 6.20. The van der Waals surface area contributed by atoms with Crippen LogP contribution in [-0.4, -0.2) is 5.71 Å². The summed E-state index contributed by atoms with van der Waals surface area (Å²) in [7, 11) is 0. The first-order valence-corrected chi connectivity index (χ1v) is 4.39. The van der Waals surface area contributed by atoms with Crippen LogP contribution in [0, 0.1) is 0 Å². The SMILES string of the molecule is C=c1cccc2c1=C(N)C(CC)=N2. The van der Waals surface area contributed by atoms with E-state index in [0.29, 0.717) is 0 Å². The van der Waals surface area contributed by atoms with Crippen LogP contribution in [0.25, 0.3) is 12.3 Å². The molecule has 0 atom stereocenters. The Bertz CT molecular complexity index is 483. The molecule has 1 aliphatic rings. The van der Waals surface area contributed by atoms with Crippen LogP contribution in [0.1, 0.15) is 13.3 Å². The van der Waals surface area contributed by atoms with Gasteiger partial charge in [0.1, 0.15) is 0 Å². The highest BCUT2D eigenvalue weighted by Crippen LogP contribution is 2.13. The molecule has 0 saturated heterocycles. The number of hydrogen-bond acceptors (Lipinski definition) is 2. The van der Waals surface area contributed by atoms with E-state index in [2.05, 4.69) is 18.5 Å². The summed E-state index contributed by atoms with van der Waals surface area (Å²) >= 11 is 0. The van der Waals surface area contributed by atoms with Crippen LogP contribution in [0.3, 0.4) is 0 Å². The van der Waals surface area contributed by atoms with Crippen molar-refractivity contribution in [2.45, 2.75) is 13.3 Å². The fourth-order valence-corrected chi connectivity index (χ4v) is 1.61. The number of nitrogens with zero attached hydrogens (tertiary/aromatic N) is 1. The van der Waals surface area contributed by atoms with E-state index < -0.39 is 0 Å². The molecule has 0 unspecified atom stereocenters. The molecule has 1 aromatic rings. The number of hydrogen-bond donors (Lipinski definition) is 1. The Kier molecular flexibility index (Phi) is 1.69. The van der Waals surface area contributed by atoms with E-state index in [4.69, 9.17) is 5.73 Å². The average molecular weight is 172 g/mol. The molecule has 0 radical (unpaired) electrons. The van der Waals surface area contributed by atoms with Crippen molar-refractivity contribution in [3.63, 3.8) is 0 Å². The molecule has 66 valence electrons. The van der Waals surface area contributed by atoms with E-state index in [-0.39, 0.29) is 0 Å². The van der Waals surface area contributed by atoms with Gasteiger partial charge in [-0.1, -0.05) is 25.6 Å². The number of aliphatic imine (C=N–C) groups is 1. The average Bonchev–Trinajstić information content (AvgIpc) is 2.44. The van der Waals surface area contributed by atoms with Crippen molar-refractivity contribution in [1.29, 1.82) is 0 Å². The van der Waals surface area contributed by atoms with E-state index in [1.54, 1.807) is 0 Å². The molecule has 0 aliphatic carbocycles. The van der Waals surface area contributed by atoms with Gasteiger partial charge in [0.05, 0.1) is 17.1 Å². The summed E-state index contributed by atoms with van der Waals surface area (Å²) < 4.78 is 0. The van der Waals surface area contributed by atoms with Gasteiger partial charge in [-0.2, -0.15) is 0 Å². The number of benzene rings is 1. The van der Waals surface area contributed by atoms with Gasteiger partial charge in [0.15, 0.2) is 0 Å². The fraction of sp³-hybridized carbons (Fsp3) is 0.182. The van der Waals surface area contributed by atoms with Gasteiger partial charge in [-0.15, -0.1) is 0 Å². The molecule has 0 fully saturated rings. The van der Waals surface area contributed by atoms with Gasteiger partial charge >= 0.3 is 0 Å². The number of nitrogens with two attached hydrogens (primary N) is 1. The highest BCUT2D eigenvalue weighted by Gasteiger charge is 2.11. The molecular formula is C11H12N2. The van der Waals surface area contributed by atoms with Crippen LogP contribution in [0.4, 0.5) is 5.69 Å². The predicted molar refractivity (Wildman–Crippen MR) is 56.2 cm³/mol. The predicted octanol–water partition coefficient (Wildman–Crippen LogP) is 0.660. The standard InChI is InChI=1S/C11H12N2/c1-3-8-11(12)10-7(2)5-4-6-9(10)13-8/h4-6H,2-3,12H2,1H3. The minimum atomic E-state index is 0.795. The van der Waals surface area contributed by atoms with Crippen LogP contribution in [-0.2, 0) is 0 Å². The largest absolute Gasteiger partial charge is 0.397 e. The molecule has 0 amide bonds. The third kappa shape index (κ3) is 1.06. The minimum absolute atomic E-state index is 0.795. The molecule has 1 aromatic carbocycles. The quantitative estimate of drug-likeness (QED) is 0.664. The first-order valence-electron chi connectivity index (χ1n) is 4.39. The summed E-state index contributed by atoms with van der Waals surface area (Å²) in [6.07, 6.45) is 0.875. The molecular weight excluding hydrogens is 160 g/mol. The van der Waals surface area contributed by atoms with Crippen molar-refractivity contribution in [2.75, 3.05) is 0 Å². The molecule has 0 aromatic heterocycles. The molecule has 1 heterocycles. The lowest BCUT2D eigenvalue weighted by Gasteiger charge is -1.94. The van der Waals surface area contributed by atoms with Gasteiger partial charge < -0.3 is 5.73 Å². The number of rotatable bonds is 1. The summed E-state index contributed by atoms with van der Waals surface area (Å²) in [4.78, 5) is 4.43. The second kappa shape index (κ2) is 2.73. The molecule has 13 heavy (non-hydrogen) atoms. The van der Waals surface area contributed by atoms with Crippen molar-refractivity contribution in [3.8, 4) is 0 Å². The van der Waals surface area contributed by atoms with Gasteiger partial charge in [-0.25, -0.2) is 0 Å². The summed E-state index contributed by atoms with van der Waals surface area (Å²) in [5, 5.41) is 1.97. The molecule has 2 nitrogen and oxygen atoms in total. The summed E-state index contributed by atoms with van der Waals surface area (Å²) in [6, 6.07) is 5.88. The topological polar surface area (TPSA) is 38.4 Å². The van der Waals surface area contributed by atoms with E-state index in [9.17, 15) is 0 Å². The van der Waals surface area contributed by atoms with Crippen molar-refractivity contribution in [2.24, 2.45) is 10.7 Å². The maximum atomic E-state index is 5.95. The summed E-state index contributed by atoms with van der Waals surface area (Å²) in [5.74, 6) is 0. The van der Waals surface area contributed by atoms with Crippen LogP contribution in [0.15, 0.2) is 23.2 Å². The van der Waals surface area contributed by atoms with Crippen LogP contribution >= 0.6 is 0 Å². The maximum absolute atomic E-state index is 5.95. The van der Waals surface area contributed by atoms with Gasteiger partial charge in [0, 0.05) is 5.22 Å². The van der Waals surface area contributed by atoms with Crippen molar-refractivity contribution in [3.05, 3.63) is 28.6 Å². The Morgan fingerprint density at radius 2 is 2.23 bits per heavy atom. The zero-order chi connectivity index (χ0) is 9.42. The van der Waals surface area contributed by atoms with Gasteiger partial charge in [-0.05, 0) is 17.7 Å². The van der Waals surface area contributed by atoms with E-state index in [0.717, 1.165) is 34.0 Å². The molecule has 0 spiro atoms. The third-order valence-electron chi connectivity index (χ3n) is 2.30. The Morgan fingerprint density at radius 1 is 1.46 bits per heavy atom. The molecule has 2 heteroatoms. The Hall–Kier alpha value is -1.57. The van der Waals surface area contributed by atoms with E-state index in [1.807, 2.05) is 18.2 Å². The summed E-state index contributed by atoms with van der Waals surface area (Å²) in [6.45, 7) is 5.99. The zero-order valence-electron chi connectivity index (χ0n) is 7.67. The minimum Gasteiger partial charge on any atom is -0.397 e. The van der Waals surface area contributed by atoms with E-state index in [1.165, 1.54) is 0 Å². The molecule has 0 bridgehead atoms. The fourth-order valence-electron chi connectivity index (χ4n) is 1.61. The highest BCUT2D eigenvalue weighted by atomic mass is 14.8. The maximum Gasteiger partial charge on any atom is 0.0733 e. The lowest BCUT2D eigenvalue weighted by atomic mass is 10.1. The van der Waals surface area contributed by atoms with Crippen LogP contribution < -0.4 is 16.2 Å². The molecule has 2 N–H and O–H groups in total. The first-order chi connectivity index (χ1) is 6.24. The van der Waals surface area contributed by atoms with Crippen LogP contribution in [0.5, 0.6) is 0 Å². The smallest absolute Gasteiger partial charge is 0.0733 e. The second-order valence-electron chi connectivity index (χ2n) is 3.14. The summed E-state index contributed by atoms with van der Waals surface area (Å²) in [5.41, 5.74) is 8.68. The van der Waals surface area contributed by atoms with Crippen molar-refractivity contribution in [1.82, 2.24) is 0 Å². The van der Waals surface area contributed by atoms with Gasteiger partial charge in [0.25, 0.3) is 0 Å². The lowest BCUT2D eigenvalue weighted by molar-refractivity contribution is 1.29. The first kappa shape index (κ1) is 8.05. The van der Waals surface area contributed by atoms with Crippen molar-refractivity contribution < 1.29 is 0 Å². The molecule has 0 saturated carbocycles. The zero-order valence-corrected chi connectivity index (χ0v) is 7.67. The molecule has 2 rings (SSSR count). The van der Waals surface area contributed by atoms with Gasteiger partial charge in [0.2, 0.25) is 0 Å².